The van der Waals surface area contributed by atoms with E-state index in [-0.39, 0.29) is 6.04 Å². The van der Waals surface area contributed by atoms with Gasteiger partial charge in [0.1, 0.15) is 5.75 Å². The number of halogens is 1. The van der Waals surface area contributed by atoms with Crippen molar-refractivity contribution in [2.24, 2.45) is 11.7 Å². The summed E-state index contributed by atoms with van der Waals surface area (Å²) in [5, 5.41) is 0. The van der Waals surface area contributed by atoms with Crippen LogP contribution in [-0.4, -0.2) is 25.9 Å². The van der Waals surface area contributed by atoms with Crippen LogP contribution < -0.4 is 10.5 Å². The number of hydrogen-bond acceptors (Lipinski definition) is 3. The Hall–Kier alpha value is -0.580. The minimum absolute atomic E-state index is 0.121. The van der Waals surface area contributed by atoms with Gasteiger partial charge in [-0.3, -0.25) is 0 Å². The van der Waals surface area contributed by atoms with Gasteiger partial charge in [0.15, 0.2) is 0 Å². The second kappa shape index (κ2) is 6.73. The summed E-state index contributed by atoms with van der Waals surface area (Å²) in [6.45, 7) is 3.00. The van der Waals surface area contributed by atoms with Crippen LogP contribution in [0, 0.1) is 5.92 Å². The van der Waals surface area contributed by atoms with Crippen molar-refractivity contribution in [1.29, 1.82) is 0 Å². The van der Waals surface area contributed by atoms with Crippen molar-refractivity contribution in [1.82, 2.24) is 0 Å². The average molecular weight is 328 g/mol. The number of methoxy groups -OCH3 is 1. The van der Waals surface area contributed by atoms with Crippen molar-refractivity contribution in [3.05, 3.63) is 28.2 Å². The molecule has 2 N–H and O–H groups in total. The van der Waals surface area contributed by atoms with E-state index in [1.807, 2.05) is 12.1 Å². The number of rotatable bonds is 5. The minimum atomic E-state index is 0.121. The third kappa shape index (κ3) is 3.50. The molecule has 19 heavy (non-hydrogen) atoms. The number of ether oxygens (including phenoxy) is 2. The molecular weight excluding hydrogens is 306 g/mol. The predicted octanol–water partition coefficient (Wildman–Crippen LogP) is 3.14. The highest BCUT2D eigenvalue weighted by Crippen LogP contribution is 2.30. The van der Waals surface area contributed by atoms with E-state index in [1.165, 1.54) is 0 Å². The molecule has 3 unspecified atom stereocenters. The first-order chi connectivity index (χ1) is 9.15. The van der Waals surface area contributed by atoms with E-state index in [0.717, 1.165) is 41.7 Å². The lowest BCUT2D eigenvalue weighted by Gasteiger charge is -2.24. The van der Waals surface area contributed by atoms with E-state index in [4.69, 9.17) is 15.2 Å². The standard InChI is InChI=1S/C15H22BrNO2/c1-3-14-12(6-7-19-14)13(17)9-10-8-11(16)4-5-15(10)18-2/h4-5,8,12-14H,3,6-7,9,17H2,1-2H3. The van der Waals surface area contributed by atoms with Crippen molar-refractivity contribution in [3.8, 4) is 5.75 Å². The van der Waals surface area contributed by atoms with Gasteiger partial charge >= 0.3 is 0 Å². The molecule has 0 saturated carbocycles. The number of benzene rings is 1. The van der Waals surface area contributed by atoms with Gasteiger partial charge < -0.3 is 15.2 Å². The zero-order valence-corrected chi connectivity index (χ0v) is 13.2. The first-order valence-corrected chi connectivity index (χ1v) is 7.64. The fourth-order valence-corrected chi connectivity index (χ4v) is 3.30. The molecule has 2 rings (SSSR count). The van der Waals surface area contributed by atoms with Crippen LogP contribution in [0.15, 0.2) is 22.7 Å². The normalized spacial score (nSPS) is 24.4. The van der Waals surface area contributed by atoms with Crippen LogP contribution in [0.4, 0.5) is 0 Å². The zero-order chi connectivity index (χ0) is 13.8. The highest BCUT2D eigenvalue weighted by atomic mass is 79.9. The lowest BCUT2D eigenvalue weighted by molar-refractivity contribution is 0.0813. The molecule has 0 amide bonds. The molecule has 0 bridgehead atoms. The van der Waals surface area contributed by atoms with Gasteiger partial charge in [-0.25, -0.2) is 0 Å². The highest BCUT2D eigenvalue weighted by Gasteiger charge is 2.32. The Kier molecular flexibility index (Phi) is 5.25. The Balaban J connectivity index is 2.09. The molecule has 1 aliphatic heterocycles. The smallest absolute Gasteiger partial charge is 0.122 e. The fourth-order valence-electron chi connectivity index (χ4n) is 2.89. The van der Waals surface area contributed by atoms with E-state index in [0.29, 0.717) is 12.0 Å². The molecule has 1 aromatic carbocycles. The summed E-state index contributed by atoms with van der Waals surface area (Å²) < 4.78 is 12.2. The predicted molar refractivity (Wildman–Crippen MR) is 80.5 cm³/mol. The van der Waals surface area contributed by atoms with Gasteiger partial charge in [0, 0.05) is 23.0 Å². The summed E-state index contributed by atoms with van der Waals surface area (Å²) in [6.07, 6.45) is 3.24. The van der Waals surface area contributed by atoms with Gasteiger partial charge in [-0.05, 0) is 43.0 Å². The highest BCUT2D eigenvalue weighted by molar-refractivity contribution is 9.10. The molecule has 4 heteroatoms. The first-order valence-electron chi connectivity index (χ1n) is 6.85. The van der Waals surface area contributed by atoms with Gasteiger partial charge in [0.05, 0.1) is 13.2 Å². The maximum absolute atomic E-state index is 6.40. The molecule has 1 heterocycles. The summed E-state index contributed by atoms with van der Waals surface area (Å²) in [5.41, 5.74) is 7.56. The number of nitrogens with two attached hydrogens (primary N) is 1. The molecule has 106 valence electrons. The second-order valence-electron chi connectivity index (χ2n) is 5.09. The molecule has 0 aliphatic carbocycles. The molecule has 3 atom stereocenters. The van der Waals surface area contributed by atoms with Crippen LogP contribution in [0.5, 0.6) is 5.75 Å². The van der Waals surface area contributed by atoms with Gasteiger partial charge in [-0.15, -0.1) is 0 Å². The van der Waals surface area contributed by atoms with Crippen molar-refractivity contribution < 1.29 is 9.47 Å². The molecule has 1 aromatic rings. The maximum atomic E-state index is 6.40. The van der Waals surface area contributed by atoms with Crippen molar-refractivity contribution in [2.45, 2.75) is 38.3 Å². The van der Waals surface area contributed by atoms with Crippen LogP contribution in [0.2, 0.25) is 0 Å². The summed E-state index contributed by atoms with van der Waals surface area (Å²) in [4.78, 5) is 0. The third-order valence-corrected chi connectivity index (χ3v) is 4.40. The van der Waals surface area contributed by atoms with Crippen LogP contribution in [0.1, 0.15) is 25.3 Å². The van der Waals surface area contributed by atoms with Gasteiger partial charge in [-0.1, -0.05) is 22.9 Å². The van der Waals surface area contributed by atoms with Crippen molar-refractivity contribution in [2.75, 3.05) is 13.7 Å². The third-order valence-electron chi connectivity index (χ3n) is 3.91. The average Bonchev–Trinajstić information content (AvgIpc) is 2.87. The van der Waals surface area contributed by atoms with Gasteiger partial charge in [0.2, 0.25) is 0 Å². The Morgan fingerprint density at radius 2 is 2.32 bits per heavy atom. The van der Waals surface area contributed by atoms with E-state index in [1.54, 1.807) is 7.11 Å². The maximum Gasteiger partial charge on any atom is 0.122 e. The molecule has 1 aliphatic rings. The van der Waals surface area contributed by atoms with E-state index >= 15 is 0 Å². The SMILES string of the molecule is CCC1OCCC1C(N)Cc1cc(Br)ccc1OC. The first kappa shape index (κ1) is 14.8. The van der Waals surface area contributed by atoms with Crippen LogP contribution in [-0.2, 0) is 11.2 Å². The molecule has 0 radical (unpaired) electrons. The van der Waals surface area contributed by atoms with E-state index < -0.39 is 0 Å². The quantitative estimate of drug-likeness (QED) is 0.903. The lowest BCUT2D eigenvalue weighted by atomic mass is 9.88. The summed E-state index contributed by atoms with van der Waals surface area (Å²) in [6, 6.07) is 6.18. The molecule has 1 saturated heterocycles. The van der Waals surface area contributed by atoms with Crippen LogP contribution in [0.25, 0.3) is 0 Å². The van der Waals surface area contributed by atoms with Crippen molar-refractivity contribution >= 4 is 15.9 Å². The largest absolute Gasteiger partial charge is 0.496 e. The van der Waals surface area contributed by atoms with Crippen LogP contribution >= 0.6 is 15.9 Å². The fraction of sp³-hybridized carbons (Fsp3) is 0.600. The topological polar surface area (TPSA) is 44.5 Å². The molecule has 1 fully saturated rings. The van der Waals surface area contributed by atoms with E-state index in [2.05, 4.69) is 28.9 Å². The Labute approximate surface area is 123 Å². The Morgan fingerprint density at radius 1 is 1.53 bits per heavy atom. The lowest BCUT2D eigenvalue weighted by Crippen LogP contribution is -2.37. The number of hydrogen-bond donors (Lipinski definition) is 1. The van der Waals surface area contributed by atoms with Crippen molar-refractivity contribution in [3.63, 3.8) is 0 Å². The van der Waals surface area contributed by atoms with Gasteiger partial charge in [-0.2, -0.15) is 0 Å². The second-order valence-corrected chi connectivity index (χ2v) is 6.01. The molecule has 3 nitrogen and oxygen atoms in total. The molecule has 0 spiro atoms. The Bertz CT molecular complexity index is 425. The Morgan fingerprint density at radius 3 is 3.00 bits per heavy atom. The van der Waals surface area contributed by atoms with Gasteiger partial charge in [0.25, 0.3) is 0 Å². The summed E-state index contributed by atoms with van der Waals surface area (Å²) in [5.74, 6) is 1.36. The molecular formula is C15H22BrNO2. The monoisotopic (exact) mass is 327 g/mol. The van der Waals surface area contributed by atoms with Crippen LogP contribution in [0.3, 0.4) is 0 Å². The zero-order valence-electron chi connectivity index (χ0n) is 11.6. The minimum Gasteiger partial charge on any atom is -0.496 e. The summed E-state index contributed by atoms with van der Waals surface area (Å²) >= 11 is 3.50. The molecule has 0 aromatic heterocycles. The summed E-state index contributed by atoms with van der Waals surface area (Å²) in [7, 11) is 1.70. The van der Waals surface area contributed by atoms with E-state index in [9.17, 15) is 0 Å².